The molecule has 0 aliphatic carbocycles. The number of aromatic nitrogens is 7. The fourth-order valence-electron chi connectivity index (χ4n) is 4.15. The second-order valence-electron chi connectivity index (χ2n) is 8.71. The molecule has 0 atom stereocenters. The third-order valence-electron chi connectivity index (χ3n) is 6.06. The van der Waals surface area contributed by atoms with E-state index < -0.39 is 0 Å². The standard InChI is InChI=1S/C31H19N7O2/c1-3-16-32-20(8-1)22-10-5-14-26(36-22)30-34-18-28(39-30)24-12-7-13-25(38-24)29-19-35-31(40-29)27-15-6-11-23(37-27)21-9-2-4-17-33-21/h1-19H. The van der Waals surface area contributed by atoms with Crippen molar-refractivity contribution in [2.24, 2.45) is 0 Å². The predicted molar refractivity (Wildman–Crippen MR) is 148 cm³/mol. The van der Waals surface area contributed by atoms with E-state index in [9.17, 15) is 0 Å². The van der Waals surface area contributed by atoms with Crippen LogP contribution in [0.3, 0.4) is 0 Å². The summed E-state index contributed by atoms with van der Waals surface area (Å²) in [5.74, 6) is 1.79. The van der Waals surface area contributed by atoms with Gasteiger partial charge in [-0.2, -0.15) is 0 Å². The molecule has 0 bridgehead atoms. The second kappa shape index (κ2) is 10.1. The zero-order valence-electron chi connectivity index (χ0n) is 20.9. The van der Waals surface area contributed by atoms with E-state index in [4.69, 9.17) is 13.8 Å². The summed E-state index contributed by atoms with van der Waals surface area (Å²) in [6.07, 6.45) is 6.74. The van der Waals surface area contributed by atoms with Crippen LogP contribution in [0, 0.1) is 0 Å². The van der Waals surface area contributed by atoms with Crippen molar-refractivity contribution in [2.45, 2.75) is 0 Å². The van der Waals surface area contributed by atoms with Crippen molar-refractivity contribution in [3.05, 3.63) is 116 Å². The molecule has 7 rings (SSSR count). The number of nitrogens with zero attached hydrogens (tertiary/aromatic N) is 7. The molecule has 0 N–H and O–H groups in total. The molecule has 7 aromatic heterocycles. The summed E-state index contributed by atoms with van der Waals surface area (Å²) in [6.45, 7) is 0. The summed E-state index contributed by atoms with van der Waals surface area (Å²) >= 11 is 0. The van der Waals surface area contributed by atoms with Crippen LogP contribution >= 0.6 is 0 Å². The van der Waals surface area contributed by atoms with Gasteiger partial charge in [0.25, 0.3) is 0 Å². The molecule has 40 heavy (non-hydrogen) atoms. The van der Waals surface area contributed by atoms with E-state index in [0.717, 1.165) is 22.8 Å². The molecule has 0 aliphatic heterocycles. The molecule has 0 fully saturated rings. The molecule has 0 unspecified atom stereocenters. The Bertz CT molecular complexity index is 1780. The summed E-state index contributed by atoms with van der Waals surface area (Å²) in [5, 5.41) is 0. The summed E-state index contributed by atoms with van der Waals surface area (Å²) in [4.78, 5) is 31.7. The van der Waals surface area contributed by atoms with Crippen molar-refractivity contribution < 1.29 is 8.83 Å². The zero-order chi connectivity index (χ0) is 26.7. The minimum absolute atomic E-state index is 0.390. The molecule has 7 heterocycles. The van der Waals surface area contributed by atoms with Gasteiger partial charge >= 0.3 is 0 Å². The minimum atomic E-state index is 0.390. The van der Waals surface area contributed by atoms with E-state index in [2.05, 4.69) is 29.9 Å². The van der Waals surface area contributed by atoms with Crippen LogP contribution in [0.1, 0.15) is 0 Å². The van der Waals surface area contributed by atoms with Gasteiger partial charge in [-0.05, 0) is 60.7 Å². The molecular formula is C31H19N7O2. The third-order valence-corrected chi connectivity index (χ3v) is 6.06. The lowest BCUT2D eigenvalue weighted by atomic mass is 10.2. The van der Waals surface area contributed by atoms with E-state index in [-0.39, 0.29) is 0 Å². The molecule has 0 aromatic carbocycles. The van der Waals surface area contributed by atoms with E-state index in [1.165, 1.54) is 0 Å². The number of pyridine rings is 5. The number of hydrogen-bond acceptors (Lipinski definition) is 9. The lowest BCUT2D eigenvalue weighted by Crippen LogP contribution is -1.89. The van der Waals surface area contributed by atoms with Gasteiger partial charge in [-0.25, -0.2) is 24.9 Å². The Morgan fingerprint density at radius 3 is 1.20 bits per heavy atom. The zero-order valence-corrected chi connectivity index (χ0v) is 20.9. The topological polar surface area (TPSA) is 117 Å². The van der Waals surface area contributed by atoms with Crippen LogP contribution in [0.2, 0.25) is 0 Å². The molecule has 0 saturated carbocycles. The van der Waals surface area contributed by atoms with Gasteiger partial charge in [-0.1, -0.05) is 30.3 Å². The smallest absolute Gasteiger partial charge is 0.245 e. The largest absolute Gasteiger partial charge is 0.433 e. The third kappa shape index (κ3) is 4.63. The van der Waals surface area contributed by atoms with Gasteiger partial charge in [-0.15, -0.1) is 0 Å². The highest BCUT2D eigenvalue weighted by atomic mass is 16.4. The number of hydrogen-bond donors (Lipinski definition) is 0. The van der Waals surface area contributed by atoms with Crippen LogP contribution < -0.4 is 0 Å². The van der Waals surface area contributed by atoms with Crippen molar-refractivity contribution in [3.8, 4) is 68.9 Å². The first-order valence-corrected chi connectivity index (χ1v) is 12.5. The Hall–Kier alpha value is -5.83. The second-order valence-corrected chi connectivity index (χ2v) is 8.71. The minimum Gasteiger partial charge on any atom is -0.433 e. The highest BCUT2D eigenvalue weighted by Gasteiger charge is 2.16. The van der Waals surface area contributed by atoms with Crippen molar-refractivity contribution in [1.29, 1.82) is 0 Å². The van der Waals surface area contributed by atoms with Crippen LogP contribution in [-0.2, 0) is 0 Å². The lowest BCUT2D eigenvalue weighted by molar-refractivity contribution is 0.580. The van der Waals surface area contributed by atoms with Crippen molar-refractivity contribution in [2.75, 3.05) is 0 Å². The van der Waals surface area contributed by atoms with Gasteiger partial charge in [0.15, 0.2) is 11.5 Å². The molecule has 9 nitrogen and oxygen atoms in total. The van der Waals surface area contributed by atoms with Gasteiger partial charge in [0.2, 0.25) is 11.8 Å². The molecular weight excluding hydrogens is 502 g/mol. The Kier molecular flexibility index (Phi) is 5.91. The van der Waals surface area contributed by atoms with Crippen LogP contribution in [0.4, 0.5) is 0 Å². The average molecular weight is 522 g/mol. The predicted octanol–water partition coefficient (Wildman–Crippen LogP) is 6.64. The van der Waals surface area contributed by atoms with Gasteiger partial charge in [0.1, 0.15) is 22.8 Å². The van der Waals surface area contributed by atoms with E-state index in [0.29, 0.717) is 46.1 Å². The van der Waals surface area contributed by atoms with Gasteiger partial charge in [0, 0.05) is 12.4 Å². The van der Waals surface area contributed by atoms with E-state index >= 15 is 0 Å². The van der Waals surface area contributed by atoms with Crippen molar-refractivity contribution in [1.82, 2.24) is 34.9 Å². The van der Waals surface area contributed by atoms with Gasteiger partial charge in [0.05, 0.1) is 35.2 Å². The average Bonchev–Trinajstić information content (AvgIpc) is 3.74. The van der Waals surface area contributed by atoms with Crippen LogP contribution in [0.25, 0.3) is 68.9 Å². The lowest BCUT2D eigenvalue weighted by Gasteiger charge is -2.02. The highest BCUT2D eigenvalue weighted by Crippen LogP contribution is 2.29. The Labute approximate surface area is 228 Å². The highest BCUT2D eigenvalue weighted by molar-refractivity contribution is 5.64. The maximum Gasteiger partial charge on any atom is 0.245 e. The van der Waals surface area contributed by atoms with Crippen molar-refractivity contribution in [3.63, 3.8) is 0 Å². The number of oxazole rings is 2. The maximum atomic E-state index is 6.05. The van der Waals surface area contributed by atoms with Gasteiger partial charge < -0.3 is 8.83 Å². The van der Waals surface area contributed by atoms with E-state index in [1.807, 2.05) is 91.0 Å². The SMILES string of the molecule is c1ccc(-c2cccc(-c3ncc(-c4cccc(-c5cnc(-c6cccc(-c7ccccn7)n6)o5)n4)o3)n2)nc1. The molecule has 190 valence electrons. The summed E-state index contributed by atoms with van der Waals surface area (Å²) in [6, 6.07) is 28.3. The van der Waals surface area contributed by atoms with Crippen LogP contribution in [-0.4, -0.2) is 34.9 Å². The normalized spacial score (nSPS) is 11.0. The van der Waals surface area contributed by atoms with Gasteiger partial charge in [-0.3, -0.25) is 9.97 Å². The summed E-state index contributed by atoms with van der Waals surface area (Å²) < 4.78 is 12.1. The van der Waals surface area contributed by atoms with Crippen molar-refractivity contribution >= 4 is 0 Å². The molecule has 0 amide bonds. The first-order valence-electron chi connectivity index (χ1n) is 12.5. The fourth-order valence-corrected chi connectivity index (χ4v) is 4.15. The summed E-state index contributed by atoms with van der Waals surface area (Å²) in [7, 11) is 0. The molecule has 0 radical (unpaired) electrons. The number of rotatable bonds is 6. The first-order chi connectivity index (χ1) is 19.8. The monoisotopic (exact) mass is 521 g/mol. The Morgan fingerprint density at radius 1 is 0.350 bits per heavy atom. The quantitative estimate of drug-likeness (QED) is 0.237. The molecule has 9 heteroatoms. The molecule has 7 aromatic rings. The molecule has 0 spiro atoms. The first kappa shape index (κ1) is 23.3. The van der Waals surface area contributed by atoms with E-state index in [1.54, 1.807) is 24.8 Å². The van der Waals surface area contributed by atoms with Crippen LogP contribution in [0.5, 0.6) is 0 Å². The Morgan fingerprint density at radius 2 is 0.750 bits per heavy atom. The molecule has 0 aliphatic rings. The fraction of sp³-hybridized carbons (Fsp3) is 0. The molecule has 0 saturated heterocycles. The summed E-state index contributed by atoms with van der Waals surface area (Å²) in [5.41, 5.74) is 5.43. The van der Waals surface area contributed by atoms with Crippen LogP contribution in [0.15, 0.2) is 125 Å². The maximum absolute atomic E-state index is 6.05. The Balaban J connectivity index is 1.15.